The summed E-state index contributed by atoms with van der Waals surface area (Å²) in [5, 5.41) is 4.32. The Kier molecular flexibility index (Phi) is 5.51. The summed E-state index contributed by atoms with van der Waals surface area (Å²) in [4.78, 5) is 30.0. The van der Waals surface area contributed by atoms with E-state index in [4.69, 9.17) is 14.2 Å². The van der Waals surface area contributed by atoms with Crippen LogP contribution in [-0.2, 0) is 10.2 Å². The minimum absolute atomic E-state index is 0.0226. The SMILES string of the molecule is O=C(CC12CC(F)(C1)C2)N(CC12CCC(c3nc(C4CC4)no3)(CC1)CC2)c1cccc(-c2ccnc(OC3CC3)n2)c1. The molecule has 43 heavy (non-hydrogen) atoms. The van der Waals surface area contributed by atoms with Crippen molar-refractivity contribution in [2.24, 2.45) is 10.8 Å². The van der Waals surface area contributed by atoms with E-state index in [0.29, 0.717) is 44.2 Å². The first kappa shape index (κ1) is 26.1. The molecule has 224 valence electrons. The Hall–Kier alpha value is -3.36. The van der Waals surface area contributed by atoms with Gasteiger partial charge in [-0.3, -0.25) is 4.79 Å². The predicted octanol–water partition coefficient (Wildman–Crippen LogP) is 6.85. The molecule has 1 amide bonds. The summed E-state index contributed by atoms with van der Waals surface area (Å²) < 4.78 is 26.1. The lowest BCUT2D eigenvalue weighted by Gasteiger charge is -2.66. The second-order valence-corrected chi connectivity index (χ2v) is 14.9. The number of carbonyl (C=O) groups excluding carboxylic acids is 1. The number of carbonyl (C=O) groups is 1. The number of aromatic nitrogens is 4. The van der Waals surface area contributed by atoms with Crippen LogP contribution in [0, 0.1) is 10.8 Å². The Morgan fingerprint density at radius 2 is 1.74 bits per heavy atom. The fourth-order valence-electron chi connectivity index (χ4n) is 8.63. The quantitative estimate of drug-likeness (QED) is 0.258. The number of fused-ring (bicyclic) bond motifs is 3. The van der Waals surface area contributed by atoms with Crippen LogP contribution in [0.4, 0.5) is 10.1 Å². The van der Waals surface area contributed by atoms with Crippen molar-refractivity contribution in [3.63, 3.8) is 0 Å². The van der Waals surface area contributed by atoms with Crippen molar-refractivity contribution < 1.29 is 18.4 Å². The number of halogens is 1. The van der Waals surface area contributed by atoms with Crippen LogP contribution in [0.2, 0.25) is 0 Å². The van der Waals surface area contributed by atoms with Gasteiger partial charge in [0.05, 0.1) is 5.69 Å². The van der Waals surface area contributed by atoms with Crippen LogP contribution < -0.4 is 9.64 Å². The Balaban J connectivity index is 0.978. The zero-order valence-electron chi connectivity index (χ0n) is 24.6. The lowest BCUT2D eigenvalue weighted by Crippen LogP contribution is -2.65. The maximum atomic E-state index is 14.4. The minimum Gasteiger partial charge on any atom is -0.460 e. The molecule has 8 aliphatic rings. The zero-order chi connectivity index (χ0) is 28.9. The highest BCUT2D eigenvalue weighted by atomic mass is 19.1. The number of rotatable bonds is 10. The smallest absolute Gasteiger partial charge is 0.317 e. The average molecular weight is 584 g/mol. The predicted molar refractivity (Wildman–Crippen MR) is 156 cm³/mol. The van der Waals surface area contributed by atoms with E-state index in [0.717, 1.165) is 80.0 Å². The first-order chi connectivity index (χ1) is 20.8. The van der Waals surface area contributed by atoms with Gasteiger partial charge in [0.25, 0.3) is 0 Å². The van der Waals surface area contributed by atoms with Crippen molar-refractivity contribution >= 4 is 11.6 Å². The molecule has 8 saturated carbocycles. The lowest BCUT2D eigenvalue weighted by atomic mass is 9.41. The third-order valence-electron chi connectivity index (χ3n) is 11.5. The summed E-state index contributed by atoms with van der Waals surface area (Å²) >= 11 is 0. The number of alkyl halides is 1. The molecule has 2 aromatic heterocycles. The van der Waals surface area contributed by atoms with E-state index in [1.807, 2.05) is 29.2 Å². The highest BCUT2D eigenvalue weighted by Gasteiger charge is 2.69. The third kappa shape index (κ3) is 4.56. The number of anilines is 1. The third-order valence-corrected chi connectivity index (χ3v) is 11.5. The van der Waals surface area contributed by atoms with Crippen LogP contribution in [0.15, 0.2) is 41.1 Å². The van der Waals surface area contributed by atoms with Gasteiger partial charge in [0.2, 0.25) is 11.8 Å². The van der Waals surface area contributed by atoms with E-state index in [1.54, 1.807) is 6.20 Å². The monoisotopic (exact) mass is 583 g/mol. The van der Waals surface area contributed by atoms with Crippen LogP contribution in [0.3, 0.4) is 0 Å². The molecule has 4 bridgehead atoms. The molecule has 0 aliphatic heterocycles. The van der Waals surface area contributed by atoms with E-state index in [1.165, 1.54) is 12.8 Å². The molecule has 8 nitrogen and oxygen atoms in total. The molecular formula is C34H38FN5O3. The number of amides is 1. The van der Waals surface area contributed by atoms with Crippen molar-refractivity contribution in [2.45, 2.75) is 113 Å². The first-order valence-electron chi connectivity index (χ1n) is 16.3. The molecule has 0 atom stereocenters. The van der Waals surface area contributed by atoms with Gasteiger partial charge in [0.15, 0.2) is 5.82 Å². The molecule has 0 radical (unpaired) electrons. The number of hydrogen-bond donors (Lipinski definition) is 0. The van der Waals surface area contributed by atoms with Crippen molar-refractivity contribution in [1.82, 2.24) is 20.1 Å². The van der Waals surface area contributed by atoms with Gasteiger partial charge in [-0.05, 0) is 112 Å². The maximum absolute atomic E-state index is 14.4. The van der Waals surface area contributed by atoms with Crippen LogP contribution >= 0.6 is 0 Å². The van der Waals surface area contributed by atoms with Gasteiger partial charge in [-0.25, -0.2) is 9.37 Å². The Labute approximate surface area is 250 Å². The molecule has 1 aromatic carbocycles. The van der Waals surface area contributed by atoms with Gasteiger partial charge >= 0.3 is 6.01 Å². The zero-order valence-corrected chi connectivity index (χ0v) is 24.6. The van der Waals surface area contributed by atoms with Crippen molar-refractivity contribution in [3.8, 4) is 17.3 Å². The van der Waals surface area contributed by atoms with Gasteiger partial charge < -0.3 is 14.2 Å². The van der Waals surface area contributed by atoms with Crippen molar-refractivity contribution in [3.05, 3.63) is 48.2 Å². The number of ether oxygens (including phenoxy) is 1. The van der Waals surface area contributed by atoms with Gasteiger partial charge in [0.1, 0.15) is 11.8 Å². The van der Waals surface area contributed by atoms with Crippen LogP contribution in [0.25, 0.3) is 11.3 Å². The number of nitrogens with zero attached hydrogens (tertiary/aromatic N) is 5. The molecule has 0 N–H and O–H groups in total. The fourth-order valence-corrected chi connectivity index (χ4v) is 8.63. The molecule has 8 fully saturated rings. The Morgan fingerprint density at radius 1 is 0.977 bits per heavy atom. The summed E-state index contributed by atoms with van der Waals surface area (Å²) in [5.74, 6) is 2.33. The van der Waals surface area contributed by atoms with Gasteiger partial charge in [-0.15, -0.1) is 0 Å². The fraction of sp³-hybridized carbons (Fsp3) is 0.618. The molecule has 2 heterocycles. The summed E-state index contributed by atoms with van der Waals surface area (Å²) in [6, 6.07) is 10.4. The van der Waals surface area contributed by atoms with Crippen LogP contribution in [-0.4, -0.2) is 44.3 Å². The van der Waals surface area contributed by atoms with E-state index in [9.17, 15) is 9.18 Å². The molecule has 0 saturated heterocycles. The van der Waals surface area contributed by atoms with Gasteiger partial charge in [-0.1, -0.05) is 17.3 Å². The van der Waals surface area contributed by atoms with Crippen LogP contribution in [0.1, 0.15) is 108 Å². The molecule has 11 rings (SSSR count). The van der Waals surface area contributed by atoms with Crippen molar-refractivity contribution in [1.29, 1.82) is 0 Å². The van der Waals surface area contributed by atoms with E-state index in [-0.39, 0.29) is 28.3 Å². The molecule has 8 aliphatic carbocycles. The Bertz CT molecular complexity index is 1550. The number of hydrogen-bond acceptors (Lipinski definition) is 7. The molecular weight excluding hydrogens is 545 g/mol. The summed E-state index contributed by atoms with van der Waals surface area (Å²) in [6.07, 6.45) is 14.5. The van der Waals surface area contributed by atoms with Crippen molar-refractivity contribution in [2.75, 3.05) is 11.4 Å². The lowest BCUT2D eigenvalue weighted by molar-refractivity contribution is -0.215. The molecule has 3 aromatic rings. The number of benzene rings is 1. The largest absolute Gasteiger partial charge is 0.460 e. The molecule has 9 heteroatoms. The van der Waals surface area contributed by atoms with Crippen LogP contribution in [0.5, 0.6) is 6.01 Å². The van der Waals surface area contributed by atoms with E-state index in [2.05, 4.69) is 21.2 Å². The highest BCUT2D eigenvalue weighted by molar-refractivity contribution is 5.95. The first-order valence-corrected chi connectivity index (χ1v) is 16.3. The summed E-state index contributed by atoms with van der Waals surface area (Å²) in [7, 11) is 0. The van der Waals surface area contributed by atoms with Gasteiger partial charge in [-0.2, -0.15) is 9.97 Å². The molecule has 0 unspecified atom stereocenters. The topological polar surface area (TPSA) is 94.2 Å². The second kappa shape index (κ2) is 9.08. The summed E-state index contributed by atoms with van der Waals surface area (Å²) in [6.45, 7) is 0.680. The maximum Gasteiger partial charge on any atom is 0.317 e. The van der Waals surface area contributed by atoms with E-state index < -0.39 is 5.67 Å². The minimum atomic E-state index is -1.01. The summed E-state index contributed by atoms with van der Waals surface area (Å²) in [5.41, 5.74) is 1.46. The average Bonchev–Trinajstić information content (AvgIpc) is 3.95. The normalized spacial score (nSPS) is 33.9. The standard InChI is InChI=1S/C34H38FN5O3/c35-34-18-32(19-34,20-34)17-27(41)40(24-3-1-2-23(16-24)26-8-15-36-30(37-26)42-25-6-7-25)21-31-9-12-33(13-10-31,14-11-31)29-38-28(39-43-29)22-4-5-22/h1-3,8,15-16,22,25H,4-7,9-14,17-21H2. The second-order valence-electron chi connectivity index (χ2n) is 14.9. The van der Waals surface area contributed by atoms with E-state index >= 15 is 0 Å². The highest BCUT2D eigenvalue weighted by Crippen LogP contribution is 2.71. The van der Waals surface area contributed by atoms with Gasteiger partial charge in [0, 0.05) is 41.7 Å². The Morgan fingerprint density at radius 3 is 2.44 bits per heavy atom. The molecule has 0 spiro atoms.